The molecule has 1 aliphatic heterocycles. The molecule has 1 saturated heterocycles. The van der Waals surface area contributed by atoms with Crippen LogP contribution in [0, 0.1) is 6.92 Å². The Morgan fingerprint density at radius 1 is 1.28 bits per heavy atom. The fourth-order valence-corrected chi connectivity index (χ4v) is 3.50. The zero-order valence-corrected chi connectivity index (χ0v) is 12.2. The first-order chi connectivity index (χ1) is 8.00. The van der Waals surface area contributed by atoms with E-state index >= 15 is 0 Å². The first kappa shape index (κ1) is 15.4. The second kappa shape index (κ2) is 6.02. The van der Waals surface area contributed by atoms with Crippen LogP contribution in [-0.2, 0) is 10.0 Å². The van der Waals surface area contributed by atoms with Crippen molar-refractivity contribution < 1.29 is 8.42 Å². The summed E-state index contributed by atoms with van der Waals surface area (Å²) in [6.07, 6.45) is 0. The normalized spacial score (nSPS) is 21.3. The van der Waals surface area contributed by atoms with Gasteiger partial charge in [-0.25, -0.2) is 8.42 Å². The van der Waals surface area contributed by atoms with Gasteiger partial charge in [0.05, 0.1) is 4.90 Å². The third-order valence-electron chi connectivity index (χ3n) is 2.99. The molecule has 1 N–H and O–H groups in total. The van der Waals surface area contributed by atoms with Crippen molar-refractivity contribution in [2.45, 2.75) is 24.8 Å². The molecule has 0 radical (unpaired) electrons. The van der Waals surface area contributed by atoms with E-state index in [4.69, 9.17) is 0 Å². The average Bonchev–Trinajstić information content (AvgIpc) is 2.29. The largest absolute Gasteiger partial charge is 0.312 e. The van der Waals surface area contributed by atoms with Gasteiger partial charge in [-0.2, -0.15) is 4.31 Å². The van der Waals surface area contributed by atoms with E-state index in [0.29, 0.717) is 24.5 Å². The smallest absolute Gasteiger partial charge is 0.243 e. The van der Waals surface area contributed by atoms with Gasteiger partial charge < -0.3 is 5.32 Å². The van der Waals surface area contributed by atoms with Crippen LogP contribution in [-0.4, -0.2) is 38.4 Å². The van der Waals surface area contributed by atoms with Crippen LogP contribution in [0.5, 0.6) is 0 Å². The number of rotatable bonds is 2. The summed E-state index contributed by atoms with van der Waals surface area (Å²) in [5.74, 6) is 0. The van der Waals surface area contributed by atoms with Crippen molar-refractivity contribution in [3.63, 3.8) is 0 Å². The number of nitrogens with zero attached hydrogens (tertiary/aromatic N) is 1. The number of halogens is 1. The number of sulfonamides is 1. The zero-order chi connectivity index (χ0) is 12.5. The average molecular weight is 291 g/mol. The molecule has 0 bridgehead atoms. The van der Waals surface area contributed by atoms with Gasteiger partial charge in [0.15, 0.2) is 0 Å². The maximum Gasteiger partial charge on any atom is 0.243 e. The van der Waals surface area contributed by atoms with Crippen LogP contribution in [0.25, 0.3) is 0 Å². The maximum absolute atomic E-state index is 12.3. The molecule has 0 aromatic heterocycles. The van der Waals surface area contributed by atoms with Crippen LogP contribution in [0.2, 0.25) is 0 Å². The van der Waals surface area contributed by atoms with Crippen LogP contribution in [0.1, 0.15) is 12.5 Å². The molecule has 1 fully saturated rings. The van der Waals surface area contributed by atoms with Crippen molar-refractivity contribution in [3.8, 4) is 0 Å². The fourth-order valence-electron chi connectivity index (χ4n) is 1.97. The second-order valence-corrected chi connectivity index (χ2v) is 6.47. The minimum atomic E-state index is -3.32. The number of benzene rings is 1. The Kier molecular flexibility index (Phi) is 5.16. The zero-order valence-electron chi connectivity index (χ0n) is 10.6. The Morgan fingerprint density at radius 2 is 1.89 bits per heavy atom. The van der Waals surface area contributed by atoms with Gasteiger partial charge in [-0.15, -0.1) is 12.4 Å². The summed E-state index contributed by atoms with van der Waals surface area (Å²) < 4.78 is 26.2. The molecule has 4 nitrogen and oxygen atoms in total. The van der Waals surface area contributed by atoms with Gasteiger partial charge in [0.2, 0.25) is 10.0 Å². The molecule has 0 spiro atoms. The van der Waals surface area contributed by atoms with Crippen molar-refractivity contribution in [2.24, 2.45) is 0 Å². The Labute approximate surface area is 115 Å². The van der Waals surface area contributed by atoms with Crippen molar-refractivity contribution >= 4 is 22.4 Å². The standard InChI is InChI=1S/C12H18N2O2S.ClH/c1-10-3-5-12(6-4-10)17(15,16)14-8-7-13-11(2)9-14;/h3-6,11,13H,7-9H2,1-2H3;1H. The predicted octanol–water partition coefficient (Wildman–Crippen LogP) is 1.40. The fraction of sp³-hybridized carbons (Fsp3) is 0.500. The molecule has 18 heavy (non-hydrogen) atoms. The van der Waals surface area contributed by atoms with Gasteiger partial charge in [-0.05, 0) is 26.0 Å². The maximum atomic E-state index is 12.3. The lowest BCUT2D eigenvalue weighted by molar-refractivity contribution is 0.310. The Bertz CT molecular complexity index is 487. The number of piperazine rings is 1. The molecular weight excluding hydrogens is 272 g/mol. The Morgan fingerprint density at radius 3 is 2.44 bits per heavy atom. The van der Waals surface area contributed by atoms with E-state index in [0.717, 1.165) is 5.56 Å². The molecule has 2 rings (SSSR count). The monoisotopic (exact) mass is 290 g/mol. The SMILES string of the molecule is Cc1ccc(S(=O)(=O)N2CCNC(C)C2)cc1.Cl. The van der Waals surface area contributed by atoms with E-state index in [1.165, 1.54) is 0 Å². The molecule has 1 aliphatic rings. The van der Waals surface area contributed by atoms with Crippen LogP contribution in [0.15, 0.2) is 29.2 Å². The molecule has 0 amide bonds. The molecule has 1 aromatic rings. The van der Waals surface area contributed by atoms with Crippen LogP contribution >= 0.6 is 12.4 Å². The summed E-state index contributed by atoms with van der Waals surface area (Å²) in [5, 5.41) is 3.24. The summed E-state index contributed by atoms with van der Waals surface area (Å²) >= 11 is 0. The highest BCUT2D eigenvalue weighted by Gasteiger charge is 2.28. The van der Waals surface area contributed by atoms with Gasteiger partial charge in [-0.3, -0.25) is 0 Å². The van der Waals surface area contributed by atoms with Crippen LogP contribution in [0.4, 0.5) is 0 Å². The molecule has 0 aliphatic carbocycles. The molecule has 1 atom stereocenters. The van der Waals surface area contributed by atoms with E-state index in [2.05, 4.69) is 5.32 Å². The van der Waals surface area contributed by atoms with Gasteiger partial charge in [0.1, 0.15) is 0 Å². The third kappa shape index (κ3) is 3.23. The van der Waals surface area contributed by atoms with Gasteiger partial charge in [0, 0.05) is 25.7 Å². The van der Waals surface area contributed by atoms with Gasteiger partial charge in [-0.1, -0.05) is 17.7 Å². The summed E-state index contributed by atoms with van der Waals surface area (Å²) in [6, 6.07) is 7.23. The number of hydrogen-bond donors (Lipinski definition) is 1. The molecular formula is C12H19ClN2O2S. The van der Waals surface area contributed by atoms with E-state index in [1.54, 1.807) is 16.4 Å². The second-order valence-electron chi connectivity index (χ2n) is 4.53. The molecule has 6 heteroatoms. The van der Waals surface area contributed by atoms with Crippen molar-refractivity contribution in [2.75, 3.05) is 19.6 Å². The number of aryl methyl sites for hydroxylation is 1. The highest BCUT2D eigenvalue weighted by atomic mass is 35.5. The first-order valence-electron chi connectivity index (χ1n) is 5.80. The van der Waals surface area contributed by atoms with Crippen molar-refractivity contribution in [1.29, 1.82) is 0 Å². The first-order valence-corrected chi connectivity index (χ1v) is 7.24. The van der Waals surface area contributed by atoms with E-state index in [9.17, 15) is 8.42 Å². The highest BCUT2D eigenvalue weighted by Crippen LogP contribution is 2.17. The van der Waals surface area contributed by atoms with E-state index < -0.39 is 10.0 Å². The quantitative estimate of drug-likeness (QED) is 0.896. The lowest BCUT2D eigenvalue weighted by atomic mass is 10.2. The highest BCUT2D eigenvalue weighted by molar-refractivity contribution is 7.89. The molecule has 1 unspecified atom stereocenters. The van der Waals surface area contributed by atoms with Gasteiger partial charge in [0.25, 0.3) is 0 Å². The van der Waals surface area contributed by atoms with E-state index in [-0.39, 0.29) is 18.4 Å². The van der Waals surface area contributed by atoms with Crippen molar-refractivity contribution in [3.05, 3.63) is 29.8 Å². The molecule has 1 heterocycles. The molecule has 0 saturated carbocycles. The van der Waals surface area contributed by atoms with Crippen LogP contribution in [0.3, 0.4) is 0 Å². The summed E-state index contributed by atoms with van der Waals surface area (Å²) in [7, 11) is -3.32. The van der Waals surface area contributed by atoms with Gasteiger partial charge >= 0.3 is 0 Å². The molecule has 102 valence electrons. The van der Waals surface area contributed by atoms with Crippen LogP contribution < -0.4 is 5.32 Å². The van der Waals surface area contributed by atoms with Crippen molar-refractivity contribution in [1.82, 2.24) is 9.62 Å². The third-order valence-corrected chi connectivity index (χ3v) is 4.87. The minimum Gasteiger partial charge on any atom is -0.312 e. The number of hydrogen-bond acceptors (Lipinski definition) is 3. The topological polar surface area (TPSA) is 49.4 Å². The summed E-state index contributed by atoms with van der Waals surface area (Å²) in [6.45, 7) is 5.74. The lowest BCUT2D eigenvalue weighted by Crippen LogP contribution is -2.51. The number of nitrogens with one attached hydrogen (secondary N) is 1. The predicted molar refractivity (Wildman–Crippen MR) is 74.7 cm³/mol. The minimum absolute atomic E-state index is 0. The molecule has 1 aromatic carbocycles. The van der Waals surface area contributed by atoms with E-state index in [1.807, 2.05) is 26.0 Å². The summed E-state index contributed by atoms with van der Waals surface area (Å²) in [4.78, 5) is 0.386. The Balaban J connectivity index is 0.00000162. The summed E-state index contributed by atoms with van der Waals surface area (Å²) in [5.41, 5.74) is 1.07. The Hall–Kier alpha value is -0.620. The lowest BCUT2D eigenvalue weighted by Gasteiger charge is -2.31.